The molecule has 1 fully saturated rings. The molecule has 94 valence electrons. The first kappa shape index (κ1) is 13.1. The summed E-state index contributed by atoms with van der Waals surface area (Å²) in [6.45, 7) is 2.69. The van der Waals surface area contributed by atoms with Gasteiger partial charge in [0.2, 0.25) is 0 Å². The van der Waals surface area contributed by atoms with Gasteiger partial charge >= 0.3 is 0 Å². The highest BCUT2D eigenvalue weighted by atomic mass is 32.2. The van der Waals surface area contributed by atoms with Crippen LogP contribution in [-0.2, 0) is 0 Å². The molecule has 1 aromatic heterocycles. The predicted molar refractivity (Wildman–Crippen MR) is 79.4 cm³/mol. The molecular formula is C11H16N2OS3. The normalized spacial score (nSPS) is 20.2. The summed E-state index contributed by atoms with van der Waals surface area (Å²) >= 11 is 5.38. The van der Waals surface area contributed by atoms with Crippen LogP contribution < -0.4 is 11.1 Å². The van der Waals surface area contributed by atoms with Crippen LogP contribution in [0.5, 0.6) is 0 Å². The van der Waals surface area contributed by atoms with E-state index in [0.29, 0.717) is 15.8 Å². The average molecular weight is 288 g/mol. The number of nitrogens with one attached hydrogen (secondary N) is 1. The standard InChI is InChI=1S/C11H16N2OS3/c1-7-9(12)4-10(17-7)11(14)13-5-8-6-15-2-3-16-8/h4,8H,2-3,5-6,12H2,1H3,(H,13,14). The van der Waals surface area contributed by atoms with Crippen LogP contribution in [0.3, 0.4) is 0 Å². The highest BCUT2D eigenvalue weighted by Crippen LogP contribution is 2.25. The number of thiophene rings is 1. The summed E-state index contributed by atoms with van der Waals surface area (Å²) in [5.74, 6) is 3.56. The van der Waals surface area contributed by atoms with E-state index >= 15 is 0 Å². The maximum atomic E-state index is 11.9. The van der Waals surface area contributed by atoms with E-state index in [1.807, 2.05) is 30.4 Å². The molecule has 1 saturated heterocycles. The SMILES string of the molecule is Cc1sc(C(=O)NCC2CSCCS2)cc1N. The Morgan fingerprint density at radius 2 is 2.41 bits per heavy atom. The fourth-order valence-corrected chi connectivity index (χ4v) is 5.03. The van der Waals surface area contributed by atoms with Gasteiger partial charge < -0.3 is 11.1 Å². The molecule has 6 heteroatoms. The first-order valence-electron chi connectivity index (χ1n) is 5.50. The van der Waals surface area contributed by atoms with E-state index in [4.69, 9.17) is 5.73 Å². The lowest BCUT2D eigenvalue weighted by Crippen LogP contribution is -2.33. The van der Waals surface area contributed by atoms with E-state index in [1.165, 1.54) is 22.8 Å². The largest absolute Gasteiger partial charge is 0.398 e. The molecule has 1 aromatic rings. The number of thioether (sulfide) groups is 2. The van der Waals surface area contributed by atoms with Gasteiger partial charge in [0.1, 0.15) is 0 Å². The summed E-state index contributed by atoms with van der Waals surface area (Å²) in [7, 11) is 0. The first-order chi connectivity index (χ1) is 8.16. The lowest BCUT2D eigenvalue weighted by atomic mass is 10.3. The van der Waals surface area contributed by atoms with Crippen LogP contribution in [0, 0.1) is 6.92 Å². The Morgan fingerprint density at radius 1 is 1.59 bits per heavy atom. The maximum absolute atomic E-state index is 11.9. The molecule has 0 spiro atoms. The fraction of sp³-hybridized carbons (Fsp3) is 0.545. The van der Waals surface area contributed by atoms with E-state index < -0.39 is 0 Å². The van der Waals surface area contributed by atoms with Crippen molar-refractivity contribution in [3.63, 3.8) is 0 Å². The lowest BCUT2D eigenvalue weighted by Gasteiger charge is -2.20. The van der Waals surface area contributed by atoms with Gasteiger partial charge in [0, 0.05) is 39.6 Å². The Balaban J connectivity index is 1.84. The second kappa shape index (κ2) is 6.02. The minimum absolute atomic E-state index is 0.00553. The Labute approximate surface area is 114 Å². The monoisotopic (exact) mass is 288 g/mol. The molecule has 0 aliphatic carbocycles. The minimum atomic E-state index is 0.00553. The van der Waals surface area contributed by atoms with Crippen molar-refractivity contribution in [2.24, 2.45) is 0 Å². The summed E-state index contributed by atoms with van der Waals surface area (Å²) in [4.78, 5) is 13.6. The Morgan fingerprint density at radius 3 is 3.00 bits per heavy atom. The van der Waals surface area contributed by atoms with Crippen molar-refractivity contribution in [3.05, 3.63) is 15.8 Å². The highest BCUT2D eigenvalue weighted by Gasteiger charge is 2.16. The van der Waals surface area contributed by atoms with Gasteiger partial charge in [-0.15, -0.1) is 11.3 Å². The van der Waals surface area contributed by atoms with Crippen molar-refractivity contribution in [2.75, 3.05) is 29.5 Å². The second-order valence-electron chi connectivity index (χ2n) is 3.90. The Kier molecular flexibility index (Phi) is 4.64. The van der Waals surface area contributed by atoms with Gasteiger partial charge in [0.15, 0.2) is 0 Å². The zero-order chi connectivity index (χ0) is 12.3. The quantitative estimate of drug-likeness (QED) is 0.895. The zero-order valence-electron chi connectivity index (χ0n) is 9.69. The van der Waals surface area contributed by atoms with E-state index in [0.717, 1.165) is 17.2 Å². The molecule has 0 bridgehead atoms. The molecular weight excluding hydrogens is 272 g/mol. The third-order valence-electron chi connectivity index (χ3n) is 2.56. The second-order valence-corrected chi connectivity index (χ2v) is 7.71. The van der Waals surface area contributed by atoms with Crippen LogP contribution in [0.15, 0.2) is 6.07 Å². The number of nitrogen functional groups attached to an aromatic ring is 1. The number of hydrogen-bond donors (Lipinski definition) is 2. The van der Waals surface area contributed by atoms with E-state index in [-0.39, 0.29) is 5.91 Å². The van der Waals surface area contributed by atoms with Crippen LogP contribution in [0.4, 0.5) is 5.69 Å². The van der Waals surface area contributed by atoms with E-state index in [2.05, 4.69) is 5.32 Å². The molecule has 1 amide bonds. The summed E-state index contributed by atoms with van der Waals surface area (Å²) < 4.78 is 0. The Bertz CT molecular complexity index is 380. The van der Waals surface area contributed by atoms with Gasteiger partial charge in [-0.05, 0) is 13.0 Å². The van der Waals surface area contributed by atoms with Crippen LogP contribution in [0.2, 0.25) is 0 Å². The molecule has 3 N–H and O–H groups in total. The number of carbonyl (C=O) groups is 1. The summed E-state index contributed by atoms with van der Waals surface area (Å²) in [5, 5.41) is 3.54. The number of hydrogen-bond acceptors (Lipinski definition) is 5. The van der Waals surface area contributed by atoms with Crippen LogP contribution >= 0.6 is 34.9 Å². The van der Waals surface area contributed by atoms with Crippen LogP contribution in [0.25, 0.3) is 0 Å². The number of nitrogens with two attached hydrogens (primary N) is 1. The van der Waals surface area contributed by atoms with Gasteiger partial charge in [-0.1, -0.05) is 0 Å². The van der Waals surface area contributed by atoms with Crippen molar-refractivity contribution in [2.45, 2.75) is 12.2 Å². The van der Waals surface area contributed by atoms with Crippen molar-refractivity contribution in [3.8, 4) is 0 Å². The molecule has 3 nitrogen and oxygen atoms in total. The predicted octanol–water partition coefficient (Wildman–Crippen LogP) is 2.22. The number of anilines is 1. The number of aryl methyl sites for hydroxylation is 1. The topological polar surface area (TPSA) is 55.1 Å². The molecule has 17 heavy (non-hydrogen) atoms. The van der Waals surface area contributed by atoms with Crippen LogP contribution in [-0.4, -0.2) is 35.0 Å². The smallest absolute Gasteiger partial charge is 0.261 e. The number of rotatable bonds is 3. The van der Waals surface area contributed by atoms with Crippen molar-refractivity contribution in [1.82, 2.24) is 5.32 Å². The first-order valence-corrected chi connectivity index (χ1v) is 8.52. The van der Waals surface area contributed by atoms with Gasteiger partial charge in [-0.3, -0.25) is 4.79 Å². The van der Waals surface area contributed by atoms with Crippen molar-refractivity contribution < 1.29 is 4.79 Å². The third kappa shape index (κ3) is 3.56. The van der Waals surface area contributed by atoms with Gasteiger partial charge in [0.05, 0.1) is 4.88 Å². The van der Waals surface area contributed by atoms with Gasteiger partial charge in [0.25, 0.3) is 5.91 Å². The van der Waals surface area contributed by atoms with E-state index in [1.54, 1.807) is 6.07 Å². The molecule has 0 radical (unpaired) electrons. The van der Waals surface area contributed by atoms with Gasteiger partial charge in [-0.25, -0.2) is 0 Å². The summed E-state index contributed by atoms with van der Waals surface area (Å²) in [5.41, 5.74) is 6.45. The maximum Gasteiger partial charge on any atom is 0.261 e. The van der Waals surface area contributed by atoms with Crippen molar-refractivity contribution >= 4 is 46.5 Å². The average Bonchev–Trinajstić information content (AvgIpc) is 2.68. The fourth-order valence-electron chi connectivity index (χ4n) is 1.56. The number of carbonyl (C=O) groups excluding carboxylic acids is 1. The molecule has 1 aliphatic heterocycles. The zero-order valence-corrected chi connectivity index (χ0v) is 12.1. The number of amides is 1. The van der Waals surface area contributed by atoms with Gasteiger partial charge in [-0.2, -0.15) is 23.5 Å². The summed E-state index contributed by atoms with van der Waals surface area (Å²) in [6.07, 6.45) is 0. The lowest BCUT2D eigenvalue weighted by molar-refractivity contribution is 0.0958. The molecule has 1 unspecified atom stereocenters. The summed E-state index contributed by atoms with van der Waals surface area (Å²) in [6, 6.07) is 1.76. The molecule has 1 aliphatic rings. The third-order valence-corrected chi connectivity index (χ3v) is 6.47. The molecule has 0 saturated carbocycles. The van der Waals surface area contributed by atoms with E-state index in [9.17, 15) is 4.79 Å². The Hall–Kier alpha value is -0.330. The molecule has 1 atom stereocenters. The van der Waals surface area contributed by atoms with Crippen molar-refractivity contribution in [1.29, 1.82) is 0 Å². The van der Waals surface area contributed by atoms with Crippen LogP contribution in [0.1, 0.15) is 14.5 Å². The minimum Gasteiger partial charge on any atom is -0.398 e. The molecule has 0 aromatic carbocycles. The molecule has 2 rings (SSSR count). The highest BCUT2D eigenvalue weighted by molar-refractivity contribution is 8.06. The molecule has 2 heterocycles.